The minimum atomic E-state index is -3.91. The van der Waals surface area contributed by atoms with E-state index in [4.69, 9.17) is 5.14 Å². The highest BCUT2D eigenvalue weighted by molar-refractivity contribution is 7.89. The standard InChI is InChI=1S/C14H20N2O3S/c1-10-5-6-12(20(15,18)19)11(9-10)13(17)16-8-4-7-14(16,2)3/h5-6,9H,4,7-8H2,1-3H3,(H2,15,18,19). The van der Waals surface area contributed by atoms with Crippen molar-refractivity contribution in [1.29, 1.82) is 0 Å². The molecule has 0 aliphatic carbocycles. The Morgan fingerprint density at radius 1 is 1.35 bits per heavy atom. The minimum Gasteiger partial charge on any atom is -0.333 e. The molecule has 1 aliphatic rings. The van der Waals surface area contributed by atoms with Crippen molar-refractivity contribution < 1.29 is 13.2 Å². The van der Waals surface area contributed by atoms with Crippen LogP contribution in [0.25, 0.3) is 0 Å². The van der Waals surface area contributed by atoms with Crippen LogP contribution in [0, 0.1) is 6.92 Å². The molecule has 0 bridgehead atoms. The Labute approximate surface area is 119 Å². The second kappa shape index (κ2) is 4.86. The molecule has 1 aromatic rings. The van der Waals surface area contributed by atoms with Gasteiger partial charge in [-0.1, -0.05) is 11.6 Å². The molecule has 6 heteroatoms. The van der Waals surface area contributed by atoms with Gasteiger partial charge in [-0.15, -0.1) is 0 Å². The van der Waals surface area contributed by atoms with Crippen LogP contribution in [0.5, 0.6) is 0 Å². The second-order valence-electron chi connectivity index (χ2n) is 5.92. The van der Waals surface area contributed by atoms with Crippen molar-refractivity contribution in [2.45, 2.75) is 44.0 Å². The number of amides is 1. The highest BCUT2D eigenvalue weighted by atomic mass is 32.2. The van der Waals surface area contributed by atoms with Gasteiger partial charge in [0.05, 0.1) is 10.5 Å². The van der Waals surface area contributed by atoms with Crippen LogP contribution < -0.4 is 5.14 Å². The quantitative estimate of drug-likeness (QED) is 0.901. The van der Waals surface area contributed by atoms with Crippen molar-refractivity contribution in [2.75, 3.05) is 6.54 Å². The summed E-state index contributed by atoms with van der Waals surface area (Å²) in [7, 11) is -3.91. The highest BCUT2D eigenvalue weighted by Crippen LogP contribution is 2.31. The Morgan fingerprint density at radius 2 is 2.00 bits per heavy atom. The molecule has 0 aromatic heterocycles. The number of hydrogen-bond donors (Lipinski definition) is 1. The summed E-state index contributed by atoms with van der Waals surface area (Å²) < 4.78 is 23.3. The van der Waals surface area contributed by atoms with E-state index >= 15 is 0 Å². The number of nitrogens with two attached hydrogens (primary N) is 1. The maximum atomic E-state index is 12.7. The fourth-order valence-electron chi connectivity index (χ4n) is 2.69. The van der Waals surface area contributed by atoms with Crippen LogP contribution in [0.4, 0.5) is 0 Å². The first kappa shape index (κ1) is 15.0. The zero-order valence-corrected chi connectivity index (χ0v) is 12.8. The number of aryl methyl sites for hydroxylation is 1. The Morgan fingerprint density at radius 3 is 2.50 bits per heavy atom. The zero-order chi connectivity index (χ0) is 15.1. The molecule has 1 aromatic carbocycles. The van der Waals surface area contributed by atoms with Gasteiger partial charge in [-0.3, -0.25) is 4.79 Å². The first-order valence-electron chi connectivity index (χ1n) is 6.58. The van der Waals surface area contributed by atoms with E-state index in [9.17, 15) is 13.2 Å². The fourth-order valence-corrected chi connectivity index (χ4v) is 3.40. The number of hydrogen-bond acceptors (Lipinski definition) is 3. The third-order valence-corrected chi connectivity index (χ3v) is 4.79. The van der Waals surface area contributed by atoms with Gasteiger partial charge in [0.15, 0.2) is 0 Å². The van der Waals surface area contributed by atoms with E-state index < -0.39 is 10.0 Å². The van der Waals surface area contributed by atoms with Gasteiger partial charge in [0.2, 0.25) is 10.0 Å². The van der Waals surface area contributed by atoms with Crippen LogP contribution in [0.15, 0.2) is 23.1 Å². The maximum absolute atomic E-state index is 12.7. The van der Waals surface area contributed by atoms with Gasteiger partial charge < -0.3 is 4.90 Å². The average Bonchev–Trinajstić information content (AvgIpc) is 2.66. The number of rotatable bonds is 2. The van der Waals surface area contributed by atoms with Crippen LogP contribution in [0.2, 0.25) is 0 Å². The minimum absolute atomic E-state index is 0.101. The molecule has 0 radical (unpaired) electrons. The zero-order valence-electron chi connectivity index (χ0n) is 12.0. The maximum Gasteiger partial charge on any atom is 0.255 e. The predicted molar refractivity (Wildman–Crippen MR) is 76.9 cm³/mol. The molecule has 5 nitrogen and oxygen atoms in total. The van der Waals surface area contributed by atoms with Crippen molar-refractivity contribution in [3.8, 4) is 0 Å². The highest BCUT2D eigenvalue weighted by Gasteiger charge is 2.37. The Kier molecular flexibility index (Phi) is 3.64. The number of nitrogens with zero attached hydrogens (tertiary/aromatic N) is 1. The smallest absolute Gasteiger partial charge is 0.255 e. The first-order valence-corrected chi connectivity index (χ1v) is 8.13. The third-order valence-electron chi connectivity index (χ3n) is 3.82. The van der Waals surface area contributed by atoms with E-state index in [0.717, 1.165) is 18.4 Å². The van der Waals surface area contributed by atoms with E-state index in [1.54, 1.807) is 17.0 Å². The lowest BCUT2D eigenvalue weighted by Gasteiger charge is -2.32. The van der Waals surface area contributed by atoms with Crippen molar-refractivity contribution in [3.05, 3.63) is 29.3 Å². The first-order chi connectivity index (χ1) is 9.13. The third kappa shape index (κ3) is 2.71. The van der Waals surface area contributed by atoms with Gasteiger partial charge >= 0.3 is 0 Å². The molecule has 0 unspecified atom stereocenters. The van der Waals surface area contributed by atoms with Crippen molar-refractivity contribution in [3.63, 3.8) is 0 Å². The predicted octanol–water partition coefficient (Wildman–Crippen LogP) is 1.66. The summed E-state index contributed by atoms with van der Waals surface area (Å²) in [6.07, 6.45) is 1.84. The van der Waals surface area contributed by atoms with E-state index in [-0.39, 0.29) is 21.9 Å². The molecule has 2 rings (SSSR count). The molecule has 1 heterocycles. The van der Waals surface area contributed by atoms with Crippen LogP contribution >= 0.6 is 0 Å². The molecule has 1 aliphatic heterocycles. The van der Waals surface area contributed by atoms with Crippen LogP contribution in [0.3, 0.4) is 0 Å². The topological polar surface area (TPSA) is 80.5 Å². The van der Waals surface area contributed by atoms with Gasteiger partial charge in [0.25, 0.3) is 5.91 Å². The van der Waals surface area contributed by atoms with E-state index in [1.807, 2.05) is 20.8 Å². The van der Waals surface area contributed by atoms with E-state index in [0.29, 0.717) is 6.54 Å². The molecular formula is C14H20N2O3S. The number of carbonyl (C=O) groups excluding carboxylic acids is 1. The number of primary sulfonamides is 1. The van der Waals surface area contributed by atoms with Crippen LogP contribution in [-0.4, -0.2) is 31.3 Å². The SMILES string of the molecule is Cc1ccc(S(N)(=O)=O)c(C(=O)N2CCCC2(C)C)c1. The van der Waals surface area contributed by atoms with Crippen molar-refractivity contribution in [1.82, 2.24) is 4.90 Å². The molecule has 20 heavy (non-hydrogen) atoms. The molecule has 0 atom stereocenters. The van der Waals surface area contributed by atoms with E-state index in [2.05, 4.69) is 0 Å². The summed E-state index contributed by atoms with van der Waals surface area (Å²) in [5.41, 5.74) is 0.747. The molecule has 0 spiro atoms. The van der Waals surface area contributed by atoms with E-state index in [1.165, 1.54) is 6.07 Å². The summed E-state index contributed by atoms with van der Waals surface area (Å²) in [6.45, 7) is 6.44. The Balaban J connectivity index is 2.52. The average molecular weight is 296 g/mol. The molecule has 110 valence electrons. The van der Waals surface area contributed by atoms with Gasteiger partial charge in [0.1, 0.15) is 0 Å². The summed E-state index contributed by atoms with van der Waals surface area (Å²) in [6, 6.07) is 4.64. The Hall–Kier alpha value is -1.40. The lowest BCUT2D eigenvalue weighted by molar-refractivity contribution is 0.0648. The molecule has 1 amide bonds. The lowest BCUT2D eigenvalue weighted by atomic mass is 10.0. The number of benzene rings is 1. The Bertz CT molecular complexity index is 650. The largest absolute Gasteiger partial charge is 0.333 e. The fraction of sp³-hybridized carbons (Fsp3) is 0.500. The molecule has 2 N–H and O–H groups in total. The number of carbonyl (C=O) groups is 1. The molecule has 0 saturated carbocycles. The summed E-state index contributed by atoms with van der Waals surface area (Å²) in [5.74, 6) is -0.264. The molecular weight excluding hydrogens is 276 g/mol. The van der Waals surface area contributed by atoms with Crippen molar-refractivity contribution >= 4 is 15.9 Å². The number of sulfonamides is 1. The monoisotopic (exact) mass is 296 g/mol. The van der Waals surface area contributed by atoms with Gasteiger partial charge in [0, 0.05) is 12.1 Å². The normalized spacial score (nSPS) is 18.3. The van der Waals surface area contributed by atoms with Crippen LogP contribution in [-0.2, 0) is 10.0 Å². The van der Waals surface area contributed by atoms with Gasteiger partial charge in [-0.2, -0.15) is 0 Å². The van der Waals surface area contributed by atoms with Crippen molar-refractivity contribution in [2.24, 2.45) is 5.14 Å². The molecule has 1 fully saturated rings. The summed E-state index contributed by atoms with van der Waals surface area (Å²) in [4.78, 5) is 14.3. The summed E-state index contributed by atoms with van der Waals surface area (Å²) in [5, 5.41) is 5.21. The summed E-state index contributed by atoms with van der Waals surface area (Å²) >= 11 is 0. The van der Waals surface area contributed by atoms with Gasteiger partial charge in [-0.25, -0.2) is 13.6 Å². The lowest BCUT2D eigenvalue weighted by Crippen LogP contribution is -2.43. The second-order valence-corrected chi connectivity index (χ2v) is 7.45. The number of likely N-dealkylation sites (tertiary alicyclic amines) is 1. The van der Waals surface area contributed by atoms with Crippen LogP contribution in [0.1, 0.15) is 42.6 Å². The van der Waals surface area contributed by atoms with Gasteiger partial charge in [-0.05, 0) is 45.7 Å². The molecule has 1 saturated heterocycles.